The lowest BCUT2D eigenvalue weighted by atomic mass is 10.1. The molecule has 4 rings (SSSR count). The molecule has 0 spiro atoms. The number of hydrogen-bond donors (Lipinski definition) is 0. The molecule has 0 aliphatic heterocycles. The Hall–Kier alpha value is -3.07. The van der Waals surface area contributed by atoms with Gasteiger partial charge in [-0.3, -0.25) is 4.79 Å². The normalized spacial score (nSPS) is 11.8. The molecule has 178 valence electrons. The number of benzene rings is 2. The summed E-state index contributed by atoms with van der Waals surface area (Å²) < 4.78 is 0. The Balaban J connectivity index is 1.86. The lowest BCUT2D eigenvalue weighted by Gasteiger charge is -2.38. The van der Waals surface area contributed by atoms with Gasteiger partial charge in [-0.05, 0) is 46.5 Å². The maximum absolute atomic E-state index is 11.0. The standard InChI is InChI=1S/C30H32N2OSSi/c1-20(2)35(21(3)4,22(5)6)18-17-27-30(32-26-10-8-7-9-25(26)31-27)29-16-15-28(34-29)24-13-11-23(19-33)12-14-24/h7-16,19-22H,1-6H3. The number of thiophene rings is 1. The predicted octanol–water partition coefficient (Wildman–Crippen LogP) is 8.41. The zero-order valence-corrected chi connectivity index (χ0v) is 23.1. The van der Waals surface area contributed by atoms with E-state index in [9.17, 15) is 4.79 Å². The SMILES string of the molecule is CC(C)[Si](C#Cc1nc2ccccc2nc1-c1ccc(-c2ccc(C=O)cc2)s1)(C(C)C)C(C)C. The fourth-order valence-corrected chi connectivity index (χ4v) is 11.4. The highest BCUT2D eigenvalue weighted by atomic mass is 32.1. The second-order valence-corrected chi connectivity index (χ2v) is 16.6. The molecule has 2 heterocycles. The van der Waals surface area contributed by atoms with Crippen LogP contribution in [0.1, 0.15) is 57.6 Å². The predicted molar refractivity (Wildman–Crippen MR) is 152 cm³/mol. The number of para-hydroxylation sites is 2. The molecule has 5 heteroatoms. The van der Waals surface area contributed by atoms with E-state index in [4.69, 9.17) is 9.97 Å². The zero-order valence-electron chi connectivity index (χ0n) is 21.3. The minimum Gasteiger partial charge on any atom is -0.298 e. The van der Waals surface area contributed by atoms with Crippen molar-refractivity contribution in [2.24, 2.45) is 0 Å². The van der Waals surface area contributed by atoms with Crippen LogP contribution >= 0.6 is 11.3 Å². The summed E-state index contributed by atoms with van der Waals surface area (Å²) >= 11 is 1.68. The maximum atomic E-state index is 11.0. The van der Waals surface area contributed by atoms with E-state index in [1.54, 1.807) is 11.3 Å². The topological polar surface area (TPSA) is 42.9 Å². The summed E-state index contributed by atoms with van der Waals surface area (Å²) in [6.07, 6.45) is 0.869. The molecule has 2 aromatic heterocycles. The Kier molecular flexibility index (Phi) is 7.35. The first-order chi connectivity index (χ1) is 16.8. The van der Waals surface area contributed by atoms with Gasteiger partial charge in [0.2, 0.25) is 0 Å². The Morgan fingerprint density at radius 3 is 1.91 bits per heavy atom. The van der Waals surface area contributed by atoms with Crippen LogP contribution in [0.5, 0.6) is 0 Å². The first-order valence-corrected chi connectivity index (χ1v) is 15.3. The average molecular weight is 497 g/mol. The Morgan fingerprint density at radius 1 is 0.771 bits per heavy atom. The number of carbonyl (C=O) groups excluding carboxylic acids is 1. The molecule has 0 fully saturated rings. The van der Waals surface area contributed by atoms with Crippen molar-refractivity contribution < 1.29 is 4.79 Å². The monoisotopic (exact) mass is 496 g/mol. The third-order valence-electron chi connectivity index (χ3n) is 7.00. The maximum Gasteiger partial charge on any atom is 0.150 e. The minimum absolute atomic E-state index is 0.551. The van der Waals surface area contributed by atoms with E-state index in [0.717, 1.165) is 44.0 Å². The molecule has 35 heavy (non-hydrogen) atoms. The van der Waals surface area contributed by atoms with Crippen molar-refractivity contribution in [3.8, 4) is 32.5 Å². The second-order valence-electron chi connectivity index (χ2n) is 9.96. The second kappa shape index (κ2) is 10.3. The van der Waals surface area contributed by atoms with Crippen LogP contribution in [0.15, 0.2) is 60.7 Å². The van der Waals surface area contributed by atoms with E-state index in [0.29, 0.717) is 22.2 Å². The fraction of sp³-hybridized carbons (Fsp3) is 0.300. The lowest BCUT2D eigenvalue weighted by Crippen LogP contribution is -2.43. The summed E-state index contributed by atoms with van der Waals surface area (Å²) in [6.45, 7) is 14.0. The number of aldehydes is 1. The molecule has 0 aliphatic carbocycles. The van der Waals surface area contributed by atoms with Crippen molar-refractivity contribution in [1.82, 2.24) is 9.97 Å². The molecule has 2 aromatic carbocycles. The largest absolute Gasteiger partial charge is 0.298 e. The van der Waals surface area contributed by atoms with Crippen molar-refractivity contribution in [2.75, 3.05) is 0 Å². The molecule has 0 aliphatic rings. The van der Waals surface area contributed by atoms with Gasteiger partial charge in [-0.25, -0.2) is 9.97 Å². The van der Waals surface area contributed by atoms with Gasteiger partial charge < -0.3 is 0 Å². The molecule has 0 saturated heterocycles. The van der Waals surface area contributed by atoms with Gasteiger partial charge >= 0.3 is 0 Å². The quantitative estimate of drug-likeness (QED) is 0.153. The van der Waals surface area contributed by atoms with E-state index in [2.05, 4.69) is 65.1 Å². The first kappa shape index (κ1) is 25.0. The van der Waals surface area contributed by atoms with Gasteiger partial charge in [0.1, 0.15) is 25.7 Å². The average Bonchev–Trinajstić information content (AvgIpc) is 3.33. The van der Waals surface area contributed by atoms with Crippen LogP contribution in [-0.2, 0) is 0 Å². The van der Waals surface area contributed by atoms with Crippen LogP contribution in [0.3, 0.4) is 0 Å². The molecule has 0 bridgehead atoms. The number of aromatic nitrogens is 2. The van der Waals surface area contributed by atoms with E-state index < -0.39 is 8.07 Å². The van der Waals surface area contributed by atoms with Gasteiger partial charge in [0.15, 0.2) is 0 Å². The number of nitrogens with zero attached hydrogens (tertiary/aromatic N) is 2. The molecule has 0 unspecified atom stereocenters. The van der Waals surface area contributed by atoms with Crippen molar-refractivity contribution in [3.63, 3.8) is 0 Å². The van der Waals surface area contributed by atoms with Gasteiger partial charge in [0.05, 0.1) is 15.9 Å². The van der Waals surface area contributed by atoms with Crippen molar-refractivity contribution in [2.45, 2.75) is 58.2 Å². The zero-order chi connectivity index (χ0) is 25.2. The molecule has 4 aromatic rings. The molecule has 0 radical (unpaired) electrons. The van der Waals surface area contributed by atoms with Crippen molar-refractivity contribution >= 4 is 36.7 Å². The lowest BCUT2D eigenvalue weighted by molar-refractivity contribution is 0.112. The molecular formula is C30H32N2OSSi. The summed E-state index contributed by atoms with van der Waals surface area (Å²) in [5.41, 5.74) is 10.6. The molecule has 0 amide bonds. The van der Waals surface area contributed by atoms with Gasteiger partial charge in [-0.2, -0.15) is 0 Å². The number of hydrogen-bond acceptors (Lipinski definition) is 4. The van der Waals surface area contributed by atoms with Gasteiger partial charge in [-0.1, -0.05) is 83.9 Å². The van der Waals surface area contributed by atoms with Gasteiger partial charge in [0, 0.05) is 10.4 Å². The third kappa shape index (κ3) is 4.87. The number of rotatable bonds is 6. The highest BCUT2D eigenvalue weighted by Crippen LogP contribution is 2.41. The van der Waals surface area contributed by atoms with Crippen LogP contribution in [0, 0.1) is 11.5 Å². The van der Waals surface area contributed by atoms with Crippen LogP contribution in [0.4, 0.5) is 0 Å². The molecule has 0 atom stereocenters. The van der Waals surface area contributed by atoms with Gasteiger partial charge in [-0.15, -0.1) is 16.9 Å². The van der Waals surface area contributed by atoms with Crippen LogP contribution < -0.4 is 0 Å². The Bertz CT molecular complexity index is 1390. The highest BCUT2D eigenvalue weighted by Gasteiger charge is 2.41. The molecule has 0 saturated carbocycles. The summed E-state index contributed by atoms with van der Waals surface area (Å²) in [6, 6.07) is 19.9. The van der Waals surface area contributed by atoms with Crippen LogP contribution in [0.25, 0.3) is 32.0 Å². The van der Waals surface area contributed by atoms with E-state index >= 15 is 0 Å². The Morgan fingerprint density at radius 2 is 1.34 bits per heavy atom. The first-order valence-electron chi connectivity index (χ1n) is 12.2. The minimum atomic E-state index is -1.91. The van der Waals surface area contributed by atoms with Crippen molar-refractivity contribution in [3.05, 3.63) is 71.9 Å². The van der Waals surface area contributed by atoms with E-state index in [-0.39, 0.29) is 0 Å². The third-order valence-corrected chi connectivity index (χ3v) is 14.4. The van der Waals surface area contributed by atoms with E-state index in [1.165, 1.54) is 0 Å². The molecular weight excluding hydrogens is 464 g/mol. The number of fused-ring (bicyclic) bond motifs is 1. The van der Waals surface area contributed by atoms with E-state index in [1.807, 2.05) is 48.5 Å². The van der Waals surface area contributed by atoms with Crippen molar-refractivity contribution in [1.29, 1.82) is 0 Å². The van der Waals surface area contributed by atoms with Crippen LogP contribution in [0.2, 0.25) is 16.6 Å². The number of carbonyl (C=O) groups is 1. The highest BCUT2D eigenvalue weighted by molar-refractivity contribution is 7.18. The smallest absolute Gasteiger partial charge is 0.150 e. The Labute approximate surface area is 213 Å². The van der Waals surface area contributed by atoms with Crippen LogP contribution in [-0.4, -0.2) is 24.3 Å². The summed E-state index contributed by atoms with van der Waals surface area (Å²) in [4.78, 5) is 23.2. The molecule has 0 N–H and O–H groups in total. The summed E-state index contributed by atoms with van der Waals surface area (Å²) in [5, 5.41) is 0. The summed E-state index contributed by atoms with van der Waals surface area (Å²) in [5.74, 6) is 3.56. The van der Waals surface area contributed by atoms with Gasteiger partial charge in [0.25, 0.3) is 0 Å². The molecule has 3 nitrogen and oxygen atoms in total. The summed E-state index contributed by atoms with van der Waals surface area (Å²) in [7, 11) is -1.91. The fourth-order valence-electron chi connectivity index (χ4n) is 5.21.